The molecule has 0 aliphatic heterocycles. The molecule has 1 atom stereocenters. The molecule has 0 heterocycles. The van der Waals surface area contributed by atoms with Gasteiger partial charge in [0.15, 0.2) is 6.61 Å². The normalized spacial score (nSPS) is 11.7. The molecule has 3 N–H and O–H groups in total. The van der Waals surface area contributed by atoms with E-state index in [1.807, 2.05) is 51.1 Å². The molecule has 0 fully saturated rings. The lowest BCUT2D eigenvalue weighted by Crippen LogP contribution is -2.34. The van der Waals surface area contributed by atoms with Crippen molar-refractivity contribution >= 4 is 23.9 Å². The van der Waals surface area contributed by atoms with E-state index in [0.717, 1.165) is 11.1 Å². The Kier molecular flexibility index (Phi) is 9.22. The van der Waals surface area contributed by atoms with Crippen molar-refractivity contribution in [3.8, 4) is 5.75 Å². The molecule has 8 nitrogen and oxygen atoms in total. The molecule has 0 radical (unpaired) electrons. The lowest BCUT2D eigenvalue weighted by Gasteiger charge is -2.14. The van der Waals surface area contributed by atoms with Crippen LogP contribution in [0.5, 0.6) is 5.75 Å². The first-order valence-corrected chi connectivity index (χ1v) is 10.0. The van der Waals surface area contributed by atoms with E-state index in [2.05, 4.69) is 21.2 Å². The first-order chi connectivity index (χ1) is 14.8. The van der Waals surface area contributed by atoms with E-state index < -0.39 is 5.91 Å². The molecule has 0 aliphatic carbocycles. The Hall–Kier alpha value is -3.68. The van der Waals surface area contributed by atoms with Gasteiger partial charge in [-0.15, -0.1) is 0 Å². The van der Waals surface area contributed by atoms with Crippen LogP contribution in [0.4, 0.5) is 0 Å². The predicted molar refractivity (Wildman–Crippen MR) is 119 cm³/mol. The summed E-state index contributed by atoms with van der Waals surface area (Å²) in [4.78, 5) is 35.2. The summed E-state index contributed by atoms with van der Waals surface area (Å²) in [6.07, 6.45) is 1.17. The molecule has 0 aromatic heterocycles. The van der Waals surface area contributed by atoms with Gasteiger partial charge in [-0.3, -0.25) is 14.4 Å². The number of nitrogens with one attached hydrogen (secondary N) is 3. The number of hydrogen-bond acceptors (Lipinski definition) is 5. The maximum absolute atomic E-state index is 12.1. The summed E-state index contributed by atoms with van der Waals surface area (Å²) in [5.74, 6) is -0.531. The van der Waals surface area contributed by atoms with E-state index >= 15 is 0 Å². The second-order valence-electron chi connectivity index (χ2n) is 7.25. The van der Waals surface area contributed by atoms with Crippen LogP contribution in [0.2, 0.25) is 0 Å². The van der Waals surface area contributed by atoms with Crippen LogP contribution in [-0.4, -0.2) is 36.6 Å². The zero-order chi connectivity index (χ0) is 22.6. The van der Waals surface area contributed by atoms with Crippen molar-refractivity contribution in [1.29, 1.82) is 0 Å². The summed E-state index contributed by atoms with van der Waals surface area (Å²) in [5, 5.41) is 9.35. The highest BCUT2D eigenvalue weighted by Gasteiger charge is 2.10. The first-order valence-electron chi connectivity index (χ1n) is 10.0. The number of rotatable bonds is 10. The maximum Gasteiger partial charge on any atom is 0.258 e. The number of ether oxygens (including phenoxy) is 1. The molecule has 2 rings (SSSR count). The molecule has 0 saturated heterocycles. The Morgan fingerprint density at radius 1 is 0.903 bits per heavy atom. The van der Waals surface area contributed by atoms with E-state index in [1.165, 1.54) is 6.21 Å². The topological polar surface area (TPSA) is 109 Å². The van der Waals surface area contributed by atoms with Crippen LogP contribution < -0.4 is 20.8 Å². The molecule has 0 unspecified atom stereocenters. The van der Waals surface area contributed by atoms with Crippen LogP contribution in [0.15, 0.2) is 59.7 Å². The van der Waals surface area contributed by atoms with Crippen molar-refractivity contribution in [3.63, 3.8) is 0 Å². The maximum atomic E-state index is 12.1. The smallest absolute Gasteiger partial charge is 0.258 e. The monoisotopic (exact) mass is 424 g/mol. The van der Waals surface area contributed by atoms with E-state index in [9.17, 15) is 14.4 Å². The van der Waals surface area contributed by atoms with Crippen LogP contribution >= 0.6 is 0 Å². The van der Waals surface area contributed by atoms with Gasteiger partial charge in [0.25, 0.3) is 5.91 Å². The fourth-order valence-corrected chi connectivity index (χ4v) is 2.64. The van der Waals surface area contributed by atoms with Crippen molar-refractivity contribution in [2.45, 2.75) is 39.3 Å². The second-order valence-corrected chi connectivity index (χ2v) is 7.25. The first kappa shape index (κ1) is 23.6. The molecule has 3 amide bonds. The fourth-order valence-electron chi connectivity index (χ4n) is 2.64. The van der Waals surface area contributed by atoms with Gasteiger partial charge < -0.3 is 15.4 Å². The molecule has 8 heteroatoms. The summed E-state index contributed by atoms with van der Waals surface area (Å²) < 4.78 is 5.51. The number of carbonyl (C=O) groups excluding carboxylic acids is 3. The molecule has 0 spiro atoms. The zero-order valence-corrected chi connectivity index (χ0v) is 17.9. The molecule has 0 bridgehead atoms. The van der Waals surface area contributed by atoms with E-state index in [4.69, 9.17) is 4.74 Å². The van der Waals surface area contributed by atoms with Crippen molar-refractivity contribution in [2.24, 2.45) is 5.10 Å². The number of hydrazone groups is 1. The van der Waals surface area contributed by atoms with Gasteiger partial charge in [-0.2, -0.15) is 5.10 Å². The van der Waals surface area contributed by atoms with Crippen LogP contribution in [0, 0.1) is 0 Å². The highest BCUT2D eigenvalue weighted by atomic mass is 16.5. The van der Waals surface area contributed by atoms with Gasteiger partial charge in [0.1, 0.15) is 12.2 Å². The summed E-state index contributed by atoms with van der Waals surface area (Å²) >= 11 is 0. The van der Waals surface area contributed by atoms with Crippen LogP contribution in [0.3, 0.4) is 0 Å². The lowest BCUT2D eigenvalue weighted by molar-refractivity contribution is -0.129. The van der Waals surface area contributed by atoms with E-state index in [1.54, 1.807) is 24.3 Å². The largest absolute Gasteiger partial charge is 0.484 e. The Morgan fingerprint density at radius 2 is 1.58 bits per heavy atom. The van der Waals surface area contributed by atoms with Gasteiger partial charge in [0, 0.05) is 6.04 Å². The molecule has 164 valence electrons. The molecular weight excluding hydrogens is 396 g/mol. The molecular formula is C23H28N4O4. The van der Waals surface area contributed by atoms with E-state index in [-0.39, 0.29) is 36.9 Å². The summed E-state index contributed by atoms with van der Waals surface area (Å²) in [6.45, 7) is 5.45. The third-order valence-corrected chi connectivity index (χ3v) is 4.10. The molecule has 2 aromatic carbocycles. The Bertz CT molecular complexity index is 896. The molecule has 2 aromatic rings. The SMILES string of the molecule is CC(C)NC(=O)CC(=O)N/N=C/c1ccc(OCC(=O)N[C@@H](C)c2ccccc2)cc1. The predicted octanol–water partition coefficient (Wildman–Crippen LogP) is 2.31. The number of benzene rings is 2. The van der Waals surface area contributed by atoms with Gasteiger partial charge in [0.05, 0.1) is 12.3 Å². The second kappa shape index (κ2) is 12.1. The van der Waals surface area contributed by atoms with Crippen LogP contribution in [-0.2, 0) is 14.4 Å². The van der Waals surface area contributed by atoms with Gasteiger partial charge in [-0.25, -0.2) is 5.43 Å². The standard InChI is InChI=1S/C23H28N4O4/c1-16(2)25-21(28)13-22(29)27-24-14-18-9-11-20(12-10-18)31-15-23(30)26-17(3)19-7-5-4-6-8-19/h4-12,14,16-17H,13,15H2,1-3H3,(H,25,28)(H,26,30)(H,27,29)/b24-14+/t17-/m0/s1. The van der Waals surface area contributed by atoms with Gasteiger partial charge in [0.2, 0.25) is 11.8 Å². The summed E-state index contributed by atoms with van der Waals surface area (Å²) in [5.41, 5.74) is 4.05. The summed E-state index contributed by atoms with van der Waals surface area (Å²) in [7, 11) is 0. The number of nitrogens with zero attached hydrogens (tertiary/aromatic N) is 1. The van der Waals surface area contributed by atoms with E-state index in [0.29, 0.717) is 5.75 Å². The number of amides is 3. The average Bonchev–Trinajstić information content (AvgIpc) is 2.73. The van der Waals surface area contributed by atoms with Crippen molar-refractivity contribution < 1.29 is 19.1 Å². The molecule has 0 aliphatic rings. The number of hydrogen-bond donors (Lipinski definition) is 3. The molecule has 31 heavy (non-hydrogen) atoms. The highest BCUT2D eigenvalue weighted by Crippen LogP contribution is 2.13. The highest BCUT2D eigenvalue weighted by molar-refractivity contribution is 5.97. The van der Waals surface area contributed by atoms with Gasteiger partial charge in [-0.1, -0.05) is 30.3 Å². The molecule has 0 saturated carbocycles. The van der Waals surface area contributed by atoms with Crippen molar-refractivity contribution in [1.82, 2.24) is 16.1 Å². The Balaban J connectivity index is 1.73. The minimum atomic E-state index is -0.495. The third-order valence-electron chi connectivity index (χ3n) is 4.10. The quantitative estimate of drug-likeness (QED) is 0.309. The van der Waals surface area contributed by atoms with Gasteiger partial charge in [-0.05, 0) is 56.2 Å². The fraction of sp³-hybridized carbons (Fsp3) is 0.304. The zero-order valence-electron chi connectivity index (χ0n) is 17.9. The van der Waals surface area contributed by atoms with Gasteiger partial charge >= 0.3 is 0 Å². The average molecular weight is 425 g/mol. The number of carbonyl (C=O) groups is 3. The van der Waals surface area contributed by atoms with Crippen molar-refractivity contribution in [3.05, 3.63) is 65.7 Å². The van der Waals surface area contributed by atoms with Crippen LogP contribution in [0.1, 0.15) is 44.4 Å². The minimum absolute atomic E-state index is 0.0251. The Morgan fingerprint density at radius 3 is 2.23 bits per heavy atom. The Labute approximate surface area is 182 Å². The van der Waals surface area contributed by atoms with Crippen LogP contribution in [0.25, 0.3) is 0 Å². The minimum Gasteiger partial charge on any atom is -0.484 e. The third kappa shape index (κ3) is 9.12. The van der Waals surface area contributed by atoms with Crippen molar-refractivity contribution in [2.75, 3.05) is 6.61 Å². The lowest BCUT2D eigenvalue weighted by atomic mass is 10.1. The summed E-state index contributed by atoms with van der Waals surface area (Å²) in [6, 6.07) is 16.4.